The topological polar surface area (TPSA) is 45.7 Å². The molecule has 0 amide bonds. The number of hydrogen-bond acceptors (Lipinski definition) is 3. The van der Waals surface area contributed by atoms with E-state index in [2.05, 4.69) is 34.3 Å². The van der Waals surface area contributed by atoms with Crippen molar-refractivity contribution < 1.29 is 4.74 Å². The fraction of sp³-hybridized carbons (Fsp3) is 0.923. The SMILES string of the molecule is CN=C(NCC1CCCO1)NCC1(C)CCCS1. The van der Waals surface area contributed by atoms with E-state index in [-0.39, 0.29) is 0 Å². The number of thioether (sulfide) groups is 1. The van der Waals surface area contributed by atoms with Gasteiger partial charge in [-0.25, -0.2) is 0 Å². The third-order valence-corrected chi connectivity index (χ3v) is 5.21. The Hall–Kier alpha value is -0.420. The van der Waals surface area contributed by atoms with Crippen LogP contribution in [0, 0.1) is 0 Å². The lowest BCUT2D eigenvalue weighted by Gasteiger charge is -2.24. The molecule has 0 radical (unpaired) electrons. The van der Waals surface area contributed by atoms with Gasteiger partial charge < -0.3 is 15.4 Å². The molecule has 0 aromatic carbocycles. The molecule has 104 valence electrons. The second kappa shape index (κ2) is 6.66. The monoisotopic (exact) mass is 271 g/mol. The summed E-state index contributed by atoms with van der Waals surface area (Å²) < 4.78 is 5.97. The first kappa shape index (κ1) is 14.0. The van der Waals surface area contributed by atoms with E-state index in [9.17, 15) is 0 Å². The zero-order chi connectivity index (χ0) is 12.8. The Morgan fingerprint density at radius 1 is 1.44 bits per heavy atom. The van der Waals surface area contributed by atoms with Crippen LogP contribution in [0.1, 0.15) is 32.6 Å². The van der Waals surface area contributed by atoms with Crippen molar-refractivity contribution in [2.24, 2.45) is 4.99 Å². The van der Waals surface area contributed by atoms with Gasteiger partial charge >= 0.3 is 0 Å². The van der Waals surface area contributed by atoms with E-state index in [0.29, 0.717) is 10.9 Å². The molecule has 0 aliphatic carbocycles. The molecule has 0 bridgehead atoms. The number of hydrogen-bond donors (Lipinski definition) is 2. The highest BCUT2D eigenvalue weighted by Gasteiger charge is 2.29. The minimum atomic E-state index is 0.361. The highest BCUT2D eigenvalue weighted by molar-refractivity contribution is 8.00. The van der Waals surface area contributed by atoms with Gasteiger partial charge in [0, 0.05) is 31.5 Å². The lowest BCUT2D eigenvalue weighted by molar-refractivity contribution is 0.114. The maximum atomic E-state index is 5.60. The van der Waals surface area contributed by atoms with E-state index in [1.165, 1.54) is 25.0 Å². The number of guanidine groups is 1. The van der Waals surface area contributed by atoms with Crippen molar-refractivity contribution in [2.75, 3.05) is 32.5 Å². The van der Waals surface area contributed by atoms with Crippen molar-refractivity contribution in [3.8, 4) is 0 Å². The van der Waals surface area contributed by atoms with Gasteiger partial charge in [0.15, 0.2) is 5.96 Å². The van der Waals surface area contributed by atoms with E-state index in [1.54, 1.807) is 0 Å². The van der Waals surface area contributed by atoms with Crippen molar-refractivity contribution in [3.05, 3.63) is 0 Å². The molecule has 2 saturated heterocycles. The molecule has 2 unspecified atom stereocenters. The Kier molecular flexibility index (Phi) is 5.18. The molecule has 0 saturated carbocycles. The zero-order valence-corrected chi connectivity index (χ0v) is 12.3. The summed E-state index contributed by atoms with van der Waals surface area (Å²) in [5.74, 6) is 2.19. The van der Waals surface area contributed by atoms with Crippen molar-refractivity contribution in [3.63, 3.8) is 0 Å². The lowest BCUT2D eigenvalue weighted by atomic mass is 10.1. The van der Waals surface area contributed by atoms with Crippen LogP contribution in [-0.4, -0.2) is 49.3 Å². The molecule has 2 aliphatic rings. The highest BCUT2D eigenvalue weighted by atomic mass is 32.2. The van der Waals surface area contributed by atoms with E-state index in [1.807, 2.05) is 7.05 Å². The second-order valence-electron chi connectivity index (χ2n) is 5.34. The molecule has 5 heteroatoms. The lowest BCUT2D eigenvalue weighted by Crippen LogP contribution is -2.45. The molecule has 2 N–H and O–H groups in total. The second-order valence-corrected chi connectivity index (χ2v) is 7.03. The van der Waals surface area contributed by atoms with Gasteiger partial charge in [0.25, 0.3) is 0 Å². The first-order chi connectivity index (χ1) is 8.72. The minimum Gasteiger partial charge on any atom is -0.376 e. The fourth-order valence-electron chi connectivity index (χ4n) is 2.48. The van der Waals surface area contributed by atoms with E-state index < -0.39 is 0 Å². The predicted octanol–water partition coefficient (Wildman–Crippen LogP) is 1.62. The Bertz CT molecular complexity index is 284. The summed E-state index contributed by atoms with van der Waals surface area (Å²) in [7, 11) is 1.83. The number of ether oxygens (including phenoxy) is 1. The Balaban J connectivity index is 1.68. The number of rotatable bonds is 4. The fourth-order valence-corrected chi connectivity index (χ4v) is 3.73. The summed E-state index contributed by atoms with van der Waals surface area (Å²) in [6, 6.07) is 0. The maximum Gasteiger partial charge on any atom is 0.191 e. The number of nitrogens with zero attached hydrogens (tertiary/aromatic N) is 1. The third kappa shape index (κ3) is 4.05. The predicted molar refractivity (Wildman–Crippen MR) is 78.4 cm³/mol. The molecule has 18 heavy (non-hydrogen) atoms. The summed E-state index contributed by atoms with van der Waals surface area (Å²) in [5.41, 5.74) is 0. The molecule has 2 atom stereocenters. The highest BCUT2D eigenvalue weighted by Crippen LogP contribution is 2.36. The van der Waals surface area contributed by atoms with E-state index in [4.69, 9.17) is 4.74 Å². The van der Waals surface area contributed by atoms with Gasteiger partial charge in [-0.3, -0.25) is 4.99 Å². The molecular formula is C13H25N3OS. The van der Waals surface area contributed by atoms with E-state index >= 15 is 0 Å². The Morgan fingerprint density at radius 3 is 2.94 bits per heavy atom. The van der Waals surface area contributed by atoms with Crippen molar-refractivity contribution in [2.45, 2.75) is 43.5 Å². The van der Waals surface area contributed by atoms with Gasteiger partial charge in [0.1, 0.15) is 0 Å². The van der Waals surface area contributed by atoms with Crippen LogP contribution in [0.3, 0.4) is 0 Å². The largest absolute Gasteiger partial charge is 0.376 e. The molecule has 0 aromatic rings. The quantitative estimate of drug-likeness (QED) is 0.602. The minimum absolute atomic E-state index is 0.361. The van der Waals surface area contributed by atoms with Gasteiger partial charge in [-0.1, -0.05) is 0 Å². The normalized spacial score (nSPS) is 32.8. The summed E-state index contributed by atoms with van der Waals surface area (Å²) in [5, 5.41) is 6.80. The molecule has 2 fully saturated rings. The van der Waals surface area contributed by atoms with Crippen LogP contribution in [0.2, 0.25) is 0 Å². The molecule has 2 heterocycles. The first-order valence-corrected chi connectivity index (χ1v) is 7.90. The van der Waals surface area contributed by atoms with Crippen molar-refractivity contribution >= 4 is 17.7 Å². The van der Waals surface area contributed by atoms with Crippen LogP contribution in [0.5, 0.6) is 0 Å². The van der Waals surface area contributed by atoms with Gasteiger partial charge in [-0.05, 0) is 38.4 Å². The Labute approximate surface area is 114 Å². The van der Waals surface area contributed by atoms with Crippen LogP contribution in [-0.2, 0) is 4.74 Å². The van der Waals surface area contributed by atoms with Crippen LogP contribution in [0.15, 0.2) is 4.99 Å². The Morgan fingerprint density at radius 2 is 2.33 bits per heavy atom. The average Bonchev–Trinajstić information content (AvgIpc) is 3.01. The standard InChI is InChI=1S/C13H25N3OS/c1-13(6-4-8-18-13)10-16-12(14-2)15-9-11-5-3-7-17-11/h11H,3-10H2,1-2H3,(H2,14,15,16). The van der Waals surface area contributed by atoms with Crippen LogP contribution >= 0.6 is 11.8 Å². The average molecular weight is 271 g/mol. The first-order valence-electron chi connectivity index (χ1n) is 6.92. The smallest absolute Gasteiger partial charge is 0.191 e. The van der Waals surface area contributed by atoms with Crippen molar-refractivity contribution in [1.29, 1.82) is 0 Å². The van der Waals surface area contributed by atoms with Crippen LogP contribution < -0.4 is 10.6 Å². The molecule has 0 aromatic heterocycles. The number of aliphatic imine (C=N–C) groups is 1. The van der Waals surface area contributed by atoms with E-state index in [0.717, 1.165) is 32.1 Å². The summed E-state index contributed by atoms with van der Waals surface area (Å²) in [4.78, 5) is 4.27. The molecule has 4 nitrogen and oxygen atoms in total. The molecule has 2 aliphatic heterocycles. The summed E-state index contributed by atoms with van der Waals surface area (Å²) in [6.07, 6.45) is 5.35. The summed E-state index contributed by atoms with van der Waals surface area (Å²) in [6.45, 7) is 5.10. The van der Waals surface area contributed by atoms with Gasteiger partial charge in [0.05, 0.1) is 6.10 Å². The zero-order valence-electron chi connectivity index (χ0n) is 11.5. The number of nitrogens with one attached hydrogen (secondary N) is 2. The van der Waals surface area contributed by atoms with Gasteiger partial charge in [-0.15, -0.1) is 0 Å². The summed E-state index contributed by atoms with van der Waals surface area (Å²) >= 11 is 2.07. The molecular weight excluding hydrogens is 246 g/mol. The van der Waals surface area contributed by atoms with Gasteiger partial charge in [0.2, 0.25) is 0 Å². The van der Waals surface area contributed by atoms with Gasteiger partial charge in [-0.2, -0.15) is 11.8 Å². The molecule has 0 spiro atoms. The van der Waals surface area contributed by atoms with Crippen LogP contribution in [0.25, 0.3) is 0 Å². The van der Waals surface area contributed by atoms with Crippen LogP contribution in [0.4, 0.5) is 0 Å². The third-order valence-electron chi connectivity index (χ3n) is 3.68. The molecule has 2 rings (SSSR count). The maximum absolute atomic E-state index is 5.60. The van der Waals surface area contributed by atoms with Crippen molar-refractivity contribution in [1.82, 2.24) is 10.6 Å².